The predicted octanol–water partition coefficient (Wildman–Crippen LogP) is 2.72. The number of hydrogen-bond donors (Lipinski definition) is 2. The molecule has 0 spiro atoms. The smallest absolute Gasteiger partial charge is 0.227 e. The molecule has 122 valence electrons. The van der Waals surface area contributed by atoms with Crippen LogP contribution in [0.3, 0.4) is 0 Å². The van der Waals surface area contributed by atoms with Gasteiger partial charge in [-0.25, -0.2) is 0 Å². The number of hydrogen-bond acceptors (Lipinski definition) is 6. The van der Waals surface area contributed by atoms with Crippen molar-refractivity contribution in [3.63, 3.8) is 0 Å². The number of carbonyl (C=O) groups is 1. The average Bonchev–Trinajstić information content (AvgIpc) is 3.05. The Bertz CT molecular complexity index is 846. The maximum Gasteiger partial charge on any atom is 0.227 e. The van der Waals surface area contributed by atoms with Crippen molar-refractivity contribution in [3.05, 3.63) is 54.2 Å². The number of nitrogens with zero attached hydrogens (tertiary/aromatic N) is 3. The number of rotatable bonds is 5. The third-order valence-electron chi connectivity index (χ3n) is 3.40. The number of phenols is 1. The lowest BCUT2D eigenvalue weighted by Gasteiger charge is -2.07. The molecule has 0 fully saturated rings. The first-order chi connectivity index (χ1) is 11.6. The molecule has 3 aromatic rings. The fraction of sp³-hybridized carbons (Fsp3) is 0.176. The van der Waals surface area contributed by atoms with E-state index in [9.17, 15) is 9.90 Å². The Kier molecular flexibility index (Phi) is 4.51. The zero-order valence-corrected chi connectivity index (χ0v) is 13.1. The first kappa shape index (κ1) is 15.7. The number of nitrogens with one attached hydrogen (secondary N) is 1. The first-order valence-corrected chi connectivity index (χ1v) is 7.44. The van der Waals surface area contributed by atoms with E-state index in [-0.39, 0.29) is 18.1 Å². The van der Waals surface area contributed by atoms with E-state index in [4.69, 9.17) is 4.52 Å². The number of pyridine rings is 1. The molecule has 7 nitrogen and oxygen atoms in total. The van der Waals surface area contributed by atoms with Crippen molar-refractivity contribution in [2.45, 2.75) is 19.8 Å². The Labute approximate surface area is 138 Å². The van der Waals surface area contributed by atoms with E-state index in [1.54, 1.807) is 36.7 Å². The highest BCUT2D eigenvalue weighted by molar-refractivity contribution is 5.92. The Morgan fingerprint density at radius 1 is 1.25 bits per heavy atom. The summed E-state index contributed by atoms with van der Waals surface area (Å²) in [6.45, 7) is 1.86. The topological polar surface area (TPSA) is 101 Å². The van der Waals surface area contributed by atoms with Crippen molar-refractivity contribution in [3.8, 4) is 17.1 Å². The second-order valence-corrected chi connectivity index (χ2v) is 5.32. The third kappa shape index (κ3) is 3.75. The normalized spacial score (nSPS) is 10.5. The van der Waals surface area contributed by atoms with Crippen LogP contribution < -0.4 is 5.32 Å². The highest BCUT2D eigenvalue weighted by atomic mass is 16.5. The molecule has 2 N–H and O–H groups in total. The van der Waals surface area contributed by atoms with Crippen molar-refractivity contribution >= 4 is 11.6 Å². The minimum Gasteiger partial charge on any atom is -0.506 e. The first-order valence-electron chi connectivity index (χ1n) is 7.44. The lowest BCUT2D eigenvalue weighted by molar-refractivity contribution is -0.116. The van der Waals surface area contributed by atoms with Crippen LogP contribution >= 0.6 is 0 Å². The quantitative estimate of drug-likeness (QED) is 0.700. The van der Waals surface area contributed by atoms with Crippen LogP contribution in [-0.2, 0) is 11.2 Å². The zero-order chi connectivity index (χ0) is 16.9. The fourth-order valence-corrected chi connectivity index (χ4v) is 2.16. The van der Waals surface area contributed by atoms with E-state index in [1.165, 1.54) is 0 Å². The standard InChI is InChI=1S/C17H16N4O3/c1-11-2-3-13(14(22)10-11)19-15(23)4-5-16-20-17(21-24-16)12-6-8-18-9-7-12/h2-3,6-10,22H,4-5H2,1H3,(H,19,23). The van der Waals surface area contributed by atoms with Gasteiger partial charge in [-0.1, -0.05) is 11.2 Å². The molecule has 24 heavy (non-hydrogen) atoms. The molecule has 2 heterocycles. The number of carbonyl (C=O) groups excluding carboxylic acids is 1. The van der Waals surface area contributed by atoms with Crippen molar-refractivity contribution in [1.29, 1.82) is 0 Å². The van der Waals surface area contributed by atoms with Gasteiger partial charge in [-0.3, -0.25) is 9.78 Å². The van der Waals surface area contributed by atoms with Gasteiger partial charge in [0.05, 0.1) is 5.69 Å². The molecule has 3 rings (SSSR count). The van der Waals surface area contributed by atoms with Gasteiger partial charge in [0, 0.05) is 30.8 Å². The van der Waals surface area contributed by atoms with Crippen molar-refractivity contribution in [1.82, 2.24) is 15.1 Å². The highest BCUT2D eigenvalue weighted by Gasteiger charge is 2.12. The number of amides is 1. The van der Waals surface area contributed by atoms with E-state index in [0.29, 0.717) is 23.8 Å². The van der Waals surface area contributed by atoms with E-state index in [2.05, 4.69) is 20.4 Å². The number of anilines is 1. The van der Waals surface area contributed by atoms with Gasteiger partial charge in [0.2, 0.25) is 17.6 Å². The van der Waals surface area contributed by atoms with E-state index >= 15 is 0 Å². The molecule has 0 aliphatic heterocycles. The zero-order valence-electron chi connectivity index (χ0n) is 13.1. The molecule has 0 atom stereocenters. The van der Waals surface area contributed by atoms with Crippen LogP contribution in [-0.4, -0.2) is 26.1 Å². The molecule has 7 heteroatoms. The molecule has 0 saturated heterocycles. The maximum atomic E-state index is 12.0. The van der Waals surface area contributed by atoms with E-state index in [0.717, 1.165) is 11.1 Å². The summed E-state index contributed by atoms with van der Waals surface area (Å²) in [5, 5.41) is 16.3. The van der Waals surface area contributed by atoms with Crippen LogP contribution in [0.5, 0.6) is 5.75 Å². The predicted molar refractivity (Wildman–Crippen MR) is 87.3 cm³/mol. The summed E-state index contributed by atoms with van der Waals surface area (Å²) in [5.41, 5.74) is 2.10. The molecule has 0 bridgehead atoms. The number of benzene rings is 1. The molecule has 0 aliphatic rings. The second kappa shape index (κ2) is 6.91. The monoisotopic (exact) mass is 324 g/mol. The number of aromatic nitrogens is 3. The van der Waals surface area contributed by atoms with E-state index < -0.39 is 0 Å². The molecule has 0 radical (unpaired) electrons. The van der Waals surface area contributed by atoms with E-state index in [1.807, 2.05) is 13.0 Å². The summed E-state index contributed by atoms with van der Waals surface area (Å²) in [5.74, 6) is 0.646. The van der Waals surface area contributed by atoms with Crippen LogP contribution in [0.25, 0.3) is 11.4 Å². The number of aryl methyl sites for hydroxylation is 2. The van der Waals surface area contributed by atoms with Gasteiger partial charge in [0.25, 0.3) is 0 Å². The molecule has 0 aliphatic carbocycles. The van der Waals surface area contributed by atoms with Crippen LogP contribution in [0.4, 0.5) is 5.69 Å². The summed E-state index contributed by atoms with van der Waals surface area (Å²) in [6, 6.07) is 8.63. The molecular formula is C17H16N4O3. The minimum atomic E-state index is -0.238. The number of aromatic hydroxyl groups is 1. The summed E-state index contributed by atoms with van der Waals surface area (Å²) in [7, 11) is 0. The van der Waals surface area contributed by atoms with Gasteiger partial charge in [-0.15, -0.1) is 0 Å². The van der Waals surface area contributed by atoms with Gasteiger partial charge in [-0.2, -0.15) is 4.98 Å². The Hall–Kier alpha value is -3.22. The maximum absolute atomic E-state index is 12.0. The van der Waals surface area contributed by atoms with Gasteiger partial charge in [-0.05, 0) is 36.8 Å². The molecular weight excluding hydrogens is 308 g/mol. The van der Waals surface area contributed by atoms with Gasteiger partial charge in [0.1, 0.15) is 5.75 Å². The molecule has 1 aromatic carbocycles. The summed E-state index contributed by atoms with van der Waals surface area (Å²) < 4.78 is 5.15. The van der Waals surface area contributed by atoms with Crippen LogP contribution in [0.2, 0.25) is 0 Å². The lowest BCUT2D eigenvalue weighted by Crippen LogP contribution is -2.12. The van der Waals surface area contributed by atoms with Gasteiger partial charge in [0.15, 0.2) is 0 Å². The lowest BCUT2D eigenvalue weighted by atomic mass is 10.2. The fourth-order valence-electron chi connectivity index (χ4n) is 2.16. The Balaban J connectivity index is 1.58. The van der Waals surface area contributed by atoms with Gasteiger partial charge >= 0.3 is 0 Å². The third-order valence-corrected chi connectivity index (χ3v) is 3.40. The van der Waals surface area contributed by atoms with Crippen molar-refractivity contribution in [2.24, 2.45) is 0 Å². The summed E-state index contributed by atoms with van der Waals surface area (Å²) in [6.07, 6.45) is 3.78. The molecule has 1 amide bonds. The second-order valence-electron chi connectivity index (χ2n) is 5.32. The minimum absolute atomic E-state index is 0.0427. The summed E-state index contributed by atoms with van der Waals surface area (Å²) >= 11 is 0. The SMILES string of the molecule is Cc1ccc(NC(=O)CCc2nc(-c3ccncc3)no2)c(O)c1. The van der Waals surface area contributed by atoms with Crippen molar-refractivity contribution < 1.29 is 14.4 Å². The Morgan fingerprint density at radius 3 is 2.79 bits per heavy atom. The Morgan fingerprint density at radius 2 is 2.04 bits per heavy atom. The van der Waals surface area contributed by atoms with Crippen LogP contribution in [0, 0.1) is 6.92 Å². The summed E-state index contributed by atoms with van der Waals surface area (Å²) in [4.78, 5) is 20.2. The van der Waals surface area contributed by atoms with Gasteiger partial charge < -0.3 is 14.9 Å². The largest absolute Gasteiger partial charge is 0.506 e. The average molecular weight is 324 g/mol. The number of phenolic OH excluding ortho intramolecular Hbond substituents is 1. The van der Waals surface area contributed by atoms with Crippen LogP contribution in [0.1, 0.15) is 17.9 Å². The van der Waals surface area contributed by atoms with Crippen LogP contribution in [0.15, 0.2) is 47.2 Å². The molecule has 0 saturated carbocycles. The molecule has 0 unspecified atom stereocenters. The highest BCUT2D eigenvalue weighted by Crippen LogP contribution is 2.24. The molecule has 2 aromatic heterocycles. The van der Waals surface area contributed by atoms with Crippen molar-refractivity contribution in [2.75, 3.05) is 5.32 Å².